The summed E-state index contributed by atoms with van der Waals surface area (Å²) in [4.78, 5) is 17.6. The zero-order valence-corrected chi connectivity index (χ0v) is 23.0. The molecular formula is C36H31N5. The van der Waals surface area contributed by atoms with Gasteiger partial charge in [0, 0.05) is 28.7 Å². The van der Waals surface area contributed by atoms with E-state index in [0.29, 0.717) is 0 Å². The SMILES string of the molecule is CCCCNc1c2ccc([nH]2)c(-c2ccccc2)c2nc(cc3nc(c(-c4ccccc4)c4ccc1[nH]4)C=C3)C=C2. The van der Waals surface area contributed by atoms with E-state index in [1.54, 1.807) is 0 Å². The van der Waals surface area contributed by atoms with Gasteiger partial charge in [-0.2, -0.15) is 0 Å². The molecule has 2 aromatic carbocycles. The van der Waals surface area contributed by atoms with Crippen molar-refractivity contribution >= 4 is 52.1 Å². The largest absolute Gasteiger partial charge is 0.382 e. The highest BCUT2D eigenvalue weighted by Crippen LogP contribution is 2.34. The molecule has 0 aliphatic carbocycles. The zero-order valence-electron chi connectivity index (χ0n) is 23.0. The summed E-state index contributed by atoms with van der Waals surface area (Å²) in [5.74, 6) is 0. The van der Waals surface area contributed by atoms with Crippen molar-refractivity contribution in [3.63, 3.8) is 0 Å². The van der Waals surface area contributed by atoms with Crippen LogP contribution in [0.2, 0.25) is 0 Å². The molecule has 5 heteroatoms. The van der Waals surface area contributed by atoms with Gasteiger partial charge in [-0.3, -0.25) is 0 Å². The standard InChI is InChI=1S/C36H31N5/c1-2-3-22-37-36-32-20-18-30(40-32)34(24-10-6-4-7-11-24)28-16-14-26(38-28)23-27-15-17-29(39-27)35(25-12-8-5-9-13-25)31-19-21-33(36)41-31/h4-21,23,37,40-41H,2-3,22H2,1H3. The Kier molecular flexibility index (Phi) is 6.53. The summed E-state index contributed by atoms with van der Waals surface area (Å²) in [6, 6.07) is 31.6. The van der Waals surface area contributed by atoms with Crippen LogP contribution >= 0.6 is 0 Å². The molecule has 41 heavy (non-hydrogen) atoms. The number of aromatic amines is 2. The van der Waals surface area contributed by atoms with Crippen LogP contribution in [-0.2, 0) is 0 Å². The van der Waals surface area contributed by atoms with E-state index in [0.717, 1.165) is 92.2 Å². The van der Waals surface area contributed by atoms with Gasteiger partial charge in [0.2, 0.25) is 0 Å². The number of anilines is 1. The summed E-state index contributed by atoms with van der Waals surface area (Å²) < 4.78 is 0. The van der Waals surface area contributed by atoms with Crippen molar-refractivity contribution in [1.29, 1.82) is 0 Å². The molecule has 8 bridgehead atoms. The Hall–Kier alpha value is -5.16. The third-order valence-corrected chi connectivity index (χ3v) is 7.54. The van der Waals surface area contributed by atoms with Gasteiger partial charge >= 0.3 is 0 Å². The fraction of sp³-hybridized carbons (Fsp3) is 0.111. The number of nitrogens with zero attached hydrogens (tertiary/aromatic N) is 2. The molecule has 0 saturated carbocycles. The predicted octanol–water partition coefficient (Wildman–Crippen LogP) is 9.20. The highest BCUT2D eigenvalue weighted by atomic mass is 14.9. The van der Waals surface area contributed by atoms with Crippen LogP contribution in [0.5, 0.6) is 0 Å². The third kappa shape index (κ3) is 4.87. The van der Waals surface area contributed by atoms with Crippen molar-refractivity contribution < 1.29 is 0 Å². The lowest BCUT2D eigenvalue weighted by atomic mass is 10.0. The van der Waals surface area contributed by atoms with Crippen molar-refractivity contribution in [1.82, 2.24) is 19.9 Å². The Balaban J connectivity index is 1.59. The van der Waals surface area contributed by atoms with Gasteiger partial charge in [-0.1, -0.05) is 74.0 Å². The molecule has 0 atom stereocenters. The summed E-state index contributed by atoms with van der Waals surface area (Å²) in [6.07, 6.45) is 10.5. The van der Waals surface area contributed by atoms with Crippen LogP contribution in [0.25, 0.3) is 68.6 Å². The molecule has 5 aromatic rings. The first-order valence-electron chi connectivity index (χ1n) is 14.2. The fourth-order valence-electron chi connectivity index (χ4n) is 5.54. The van der Waals surface area contributed by atoms with Gasteiger partial charge in [0.25, 0.3) is 0 Å². The van der Waals surface area contributed by atoms with Crippen LogP contribution in [0.1, 0.15) is 42.5 Å². The van der Waals surface area contributed by atoms with Gasteiger partial charge < -0.3 is 15.3 Å². The molecular weight excluding hydrogens is 502 g/mol. The molecule has 2 aliphatic heterocycles. The molecule has 7 rings (SSSR count). The number of aromatic nitrogens is 4. The van der Waals surface area contributed by atoms with Crippen molar-refractivity contribution in [3.05, 3.63) is 114 Å². The van der Waals surface area contributed by atoms with Gasteiger partial charge in [0.1, 0.15) is 0 Å². The first-order valence-corrected chi connectivity index (χ1v) is 14.2. The van der Waals surface area contributed by atoms with Gasteiger partial charge in [-0.05, 0) is 72.2 Å². The Morgan fingerprint density at radius 1 is 0.585 bits per heavy atom. The molecule has 3 aromatic heterocycles. The number of H-pyrrole nitrogens is 2. The number of nitrogens with one attached hydrogen (secondary N) is 3. The quantitative estimate of drug-likeness (QED) is 0.187. The lowest BCUT2D eigenvalue weighted by molar-refractivity contribution is 0.835. The Bertz CT molecular complexity index is 1810. The van der Waals surface area contributed by atoms with E-state index < -0.39 is 0 Å². The maximum atomic E-state index is 5.05. The highest BCUT2D eigenvalue weighted by molar-refractivity contribution is 5.96. The highest BCUT2D eigenvalue weighted by Gasteiger charge is 2.14. The Morgan fingerprint density at radius 2 is 1.07 bits per heavy atom. The number of fused-ring (bicyclic) bond motifs is 8. The molecule has 0 amide bonds. The maximum Gasteiger partial charge on any atom is 0.0818 e. The van der Waals surface area contributed by atoms with Gasteiger partial charge in [0.05, 0.1) is 39.5 Å². The number of benzene rings is 2. The summed E-state index contributed by atoms with van der Waals surface area (Å²) in [7, 11) is 0. The third-order valence-electron chi connectivity index (χ3n) is 7.54. The van der Waals surface area contributed by atoms with E-state index in [2.05, 4.69) is 119 Å². The van der Waals surface area contributed by atoms with E-state index in [9.17, 15) is 0 Å². The second-order valence-corrected chi connectivity index (χ2v) is 10.4. The van der Waals surface area contributed by atoms with E-state index in [1.165, 1.54) is 0 Å². The molecule has 0 unspecified atom stereocenters. The van der Waals surface area contributed by atoms with Crippen LogP contribution in [0, 0.1) is 0 Å². The molecule has 2 aliphatic rings. The van der Waals surface area contributed by atoms with Crippen molar-refractivity contribution in [2.24, 2.45) is 0 Å². The monoisotopic (exact) mass is 533 g/mol. The minimum absolute atomic E-state index is 0.883. The van der Waals surface area contributed by atoms with Gasteiger partial charge in [-0.25, -0.2) is 9.97 Å². The predicted molar refractivity (Wildman–Crippen MR) is 173 cm³/mol. The zero-order chi connectivity index (χ0) is 27.6. The Morgan fingerprint density at radius 3 is 1.56 bits per heavy atom. The summed E-state index contributed by atoms with van der Waals surface area (Å²) in [6.45, 7) is 3.10. The van der Waals surface area contributed by atoms with Crippen LogP contribution in [0.4, 0.5) is 5.69 Å². The molecule has 0 spiro atoms. The fourth-order valence-corrected chi connectivity index (χ4v) is 5.54. The number of unbranched alkanes of at least 4 members (excludes halogenated alkanes) is 1. The number of hydrogen-bond acceptors (Lipinski definition) is 3. The molecule has 3 N–H and O–H groups in total. The lowest BCUT2D eigenvalue weighted by Gasteiger charge is -2.07. The first-order chi connectivity index (χ1) is 20.3. The number of rotatable bonds is 6. The minimum Gasteiger partial charge on any atom is -0.382 e. The van der Waals surface area contributed by atoms with Gasteiger partial charge in [0.15, 0.2) is 0 Å². The van der Waals surface area contributed by atoms with Crippen LogP contribution in [0.3, 0.4) is 0 Å². The Labute approximate surface area is 239 Å². The van der Waals surface area contributed by atoms with Crippen LogP contribution < -0.4 is 5.32 Å². The molecule has 0 saturated heterocycles. The van der Waals surface area contributed by atoms with E-state index in [4.69, 9.17) is 9.97 Å². The summed E-state index contributed by atoms with van der Waals surface area (Å²) in [5, 5.41) is 3.72. The van der Waals surface area contributed by atoms with E-state index in [-0.39, 0.29) is 0 Å². The molecule has 0 radical (unpaired) electrons. The maximum absolute atomic E-state index is 5.05. The second kappa shape index (κ2) is 10.8. The summed E-state index contributed by atoms with van der Waals surface area (Å²) in [5.41, 5.74) is 13.1. The van der Waals surface area contributed by atoms with E-state index >= 15 is 0 Å². The van der Waals surface area contributed by atoms with Crippen molar-refractivity contribution in [2.75, 3.05) is 11.9 Å². The molecule has 0 fully saturated rings. The van der Waals surface area contributed by atoms with Crippen LogP contribution in [-0.4, -0.2) is 26.5 Å². The molecule has 5 nitrogen and oxygen atoms in total. The minimum atomic E-state index is 0.883. The number of hydrogen-bond donors (Lipinski definition) is 3. The first kappa shape index (κ1) is 24.9. The average Bonchev–Trinajstić information content (AvgIpc) is 3.83. The lowest BCUT2D eigenvalue weighted by Crippen LogP contribution is -2.01. The normalized spacial score (nSPS) is 12.1. The van der Waals surface area contributed by atoms with E-state index in [1.807, 2.05) is 18.2 Å². The topological polar surface area (TPSA) is 69.4 Å². The van der Waals surface area contributed by atoms with Crippen LogP contribution in [0.15, 0.2) is 91.0 Å². The van der Waals surface area contributed by atoms with Crippen molar-refractivity contribution in [2.45, 2.75) is 19.8 Å². The molecule has 200 valence electrons. The smallest absolute Gasteiger partial charge is 0.0818 e. The average molecular weight is 534 g/mol. The van der Waals surface area contributed by atoms with Gasteiger partial charge in [-0.15, -0.1) is 0 Å². The second-order valence-electron chi connectivity index (χ2n) is 10.4. The van der Waals surface area contributed by atoms with Crippen molar-refractivity contribution in [3.8, 4) is 22.3 Å². The molecule has 5 heterocycles. The summed E-state index contributed by atoms with van der Waals surface area (Å²) >= 11 is 0.